The van der Waals surface area contributed by atoms with E-state index in [0.717, 1.165) is 12.8 Å². The van der Waals surface area contributed by atoms with Crippen molar-refractivity contribution in [2.45, 2.75) is 37.8 Å². The van der Waals surface area contributed by atoms with Crippen LogP contribution in [0.5, 0.6) is 0 Å². The molecule has 0 saturated heterocycles. The Kier molecular flexibility index (Phi) is 9.36. The third-order valence-electron chi connectivity index (χ3n) is 2.29. The van der Waals surface area contributed by atoms with Gasteiger partial charge in [-0.25, -0.2) is 19.6 Å². The number of carbonyl (C=O) groups excluding carboxylic acids is 2. The highest BCUT2D eigenvalue weighted by Gasteiger charge is 2.15. The summed E-state index contributed by atoms with van der Waals surface area (Å²) in [5, 5.41) is 0. The summed E-state index contributed by atoms with van der Waals surface area (Å²) in [6, 6.07) is -0.448. The maximum atomic E-state index is 10.2. The van der Waals surface area contributed by atoms with Crippen molar-refractivity contribution < 1.29 is 9.59 Å². The van der Waals surface area contributed by atoms with Gasteiger partial charge in [-0.3, -0.25) is 0 Å². The Morgan fingerprint density at radius 1 is 1.12 bits per heavy atom. The highest BCUT2D eigenvalue weighted by molar-refractivity contribution is 5.34. The van der Waals surface area contributed by atoms with Gasteiger partial charge in [-0.2, -0.15) is 0 Å². The molecular weight excluding hydrogens is 208 g/mol. The fourth-order valence-corrected chi connectivity index (χ4v) is 1.41. The lowest BCUT2D eigenvalue weighted by molar-refractivity contribution is 0.450. The normalized spacial score (nSPS) is 13.4. The van der Waals surface area contributed by atoms with Crippen LogP contribution in [0.1, 0.15) is 25.7 Å². The molecule has 0 amide bonds. The summed E-state index contributed by atoms with van der Waals surface area (Å²) in [6.07, 6.45) is 5.78. The van der Waals surface area contributed by atoms with Crippen molar-refractivity contribution in [1.29, 1.82) is 0 Å². The minimum absolute atomic E-state index is 0.190. The first-order valence-corrected chi connectivity index (χ1v) is 5.32. The van der Waals surface area contributed by atoms with Crippen LogP contribution in [-0.2, 0) is 9.59 Å². The smallest absolute Gasteiger partial charge is 0.235 e. The van der Waals surface area contributed by atoms with Gasteiger partial charge < -0.3 is 11.5 Å². The molecule has 0 aromatic heterocycles. The molecule has 0 spiro atoms. The molecule has 0 aliphatic heterocycles. The average Bonchev–Trinajstić information content (AvgIpc) is 2.30. The lowest BCUT2D eigenvalue weighted by atomic mass is 10.00. The SMILES string of the molecule is NCCCC(N)C(CCCN=C=O)N=C=O. The summed E-state index contributed by atoms with van der Waals surface area (Å²) in [4.78, 5) is 27.1. The second kappa shape index (κ2) is 10.2. The molecule has 0 rings (SSSR count). The van der Waals surface area contributed by atoms with Crippen molar-refractivity contribution in [3.8, 4) is 0 Å². The highest BCUT2D eigenvalue weighted by Crippen LogP contribution is 2.09. The van der Waals surface area contributed by atoms with Crippen LogP contribution in [0.15, 0.2) is 9.98 Å². The number of nitrogens with two attached hydrogens (primary N) is 2. The molecule has 2 atom stereocenters. The largest absolute Gasteiger partial charge is 0.330 e. The van der Waals surface area contributed by atoms with E-state index in [9.17, 15) is 9.59 Å². The van der Waals surface area contributed by atoms with Gasteiger partial charge in [0.25, 0.3) is 0 Å². The van der Waals surface area contributed by atoms with Crippen LogP contribution >= 0.6 is 0 Å². The van der Waals surface area contributed by atoms with Crippen LogP contribution < -0.4 is 11.5 Å². The van der Waals surface area contributed by atoms with Gasteiger partial charge in [0, 0.05) is 6.04 Å². The van der Waals surface area contributed by atoms with Gasteiger partial charge in [-0.05, 0) is 32.2 Å². The number of hydrogen-bond acceptors (Lipinski definition) is 6. The third kappa shape index (κ3) is 7.04. The fourth-order valence-electron chi connectivity index (χ4n) is 1.41. The Morgan fingerprint density at radius 3 is 2.44 bits per heavy atom. The quantitative estimate of drug-likeness (QED) is 0.324. The molecule has 0 heterocycles. The molecule has 2 unspecified atom stereocenters. The molecule has 0 aromatic carbocycles. The third-order valence-corrected chi connectivity index (χ3v) is 2.29. The lowest BCUT2D eigenvalue weighted by Gasteiger charge is -2.17. The van der Waals surface area contributed by atoms with E-state index in [1.165, 1.54) is 12.2 Å². The number of rotatable bonds is 9. The molecule has 4 N–H and O–H groups in total. The Hall–Kier alpha value is -1.32. The van der Waals surface area contributed by atoms with Crippen molar-refractivity contribution >= 4 is 12.2 Å². The van der Waals surface area contributed by atoms with Gasteiger partial charge in [-0.1, -0.05) is 0 Å². The summed E-state index contributed by atoms with van der Waals surface area (Å²) >= 11 is 0. The van der Waals surface area contributed by atoms with E-state index in [1.807, 2.05) is 0 Å². The molecule has 0 saturated carbocycles. The van der Waals surface area contributed by atoms with Crippen LogP contribution in [0.3, 0.4) is 0 Å². The zero-order chi connectivity index (χ0) is 12.2. The summed E-state index contributed by atoms with van der Waals surface area (Å²) in [5.41, 5.74) is 11.2. The second-order valence-corrected chi connectivity index (χ2v) is 3.50. The first-order valence-electron chi connectivity index (χ1n) is 5.32. The zero-order valence-corrected chi connectivity index (χ0v) is 9.26. The molecule has 6 nitrogen and oxygen atoms in total. The van der Waals surface area contributed by atoms with Gasteiger partial charge in [0.15, 0.2) is 0 Å². The van der Waals surface area contributed by atoms with Gasteiger partial charge in [0.2, 0.25) is 12.2 Å². The lowest BCUT2D eigenvalue weighted by Crippen LogP contribution is -2.34. The highest BCUT2D eigenvalue weighted by atomic mass is 16.1. The number of isocyanates is 2. The molecule has 0 fully saturated rings. The van der Waals surface area contributed by atoms with Gasteiger partial charge >= 0.3 is 0 Å². The Bertz CT molecular complexity index is 270. The van der Waals surface area contributed by atoms with Gasteiger partial charge in [0.1, 0.15) is 0 Å². The van der Waals surface area contributed by atoms with Crippen LogP contribution in [-0.4, -0.2) is 37.3 Å². The minimum Gasteiger partial charge on any atom is -0.330 e. The van der Waals surface area contributed by atoms with Crippen LogP contribution in [0, 0.1) is 0 Å². The van der Waals surface area contributed by atoms with E-state index in [1.54, 1.807) is 0 Å². The molecule has 90 valence electrons. The van der Waals surface area contributed by atoms with Gasteiger partial charge in [-0.15, -0.1) is 0 Å². The molecular formula is C10H18N4O2. The summed E-state index contributed by atoms with van der Waals surface area (Å²) in [5.74, 6) is 0. The standard InChI is InChI=1S/C10H18N4O2/c11-5-1-3-9(12)10(14-8-16)4-2-6-13-7-15/h9-10H,1-6,11-12H2. The minimum atomic E-state index is -0.258. The summed E-state index contributed by atoms with van der Waals surface area (Å²) < 4.78 is 0. The first-order chi connectivity index (χ1) is 7.76. The van der Waals surface area contributed by atoms with E-state index >= 15 is 0 Å². The molecule has 0 aromatic rings. The molecule has 0 bridgehead atoms. The van der Waals surface area contributed by atoms with E-state index in [2.05, 4.69) is 9.98 Å². The summed E-state index contributed by atoms with van der Waals surface area (Å²) in [6.45, 7) is 0.957. The maximum Gasteiger partial charge on any atom is 0.235 e. The Morgan fingerprint density at radius 2 is 1.88 bits per heavy atom. The molecule has 6 heteroatoms. The predicted molar refractivity (Wildman–Crippen MR) is 60.4 cm³/mol. The Balaban J connectivity index is 4.03. The van der Waals surface area contributed by atoms with Crippen LogP contribution in [0.2, 0.25) is 0 Å². The van der Waals surface area contributed by atoms with Crippen LogP contribution in [0.4, 0.5) is 0 Å². The van der Waals surface area contributed by atoms with Crippen molar-refractivity contribution in [1.82, 2.24) is 0 Å². The number of hydrogen-bond donors (Lipinski definition) is 2. The monoisotopic (exact) mass is 226 g/mol. The van der Waals surface area contributed by atoms with Crippen molar-refractivity contribution in [2.75, 3.05) is 13.1 Å². The first kappa shape index (κ1) is 14.7. The van der Waals surface area contributed by atoms with E-state index in [0.29, 0.717) is 25.9 Å². The molecule has 0 radical (unpaired) electrons. The number of aliphatic imine (C=N–C) groups is 2. The van der Waals surface area contributed by atoms with E-state index in [4.69, 9.17) is 11.5 Å². The topological polar surface area (TPSA) is 111 Å². The second-order valence-electron chi connectivity index (χ2n) is 3.50. The van der Waals surface area contributed by atoms with E-state index in [-0.39, 0.29) is 12.1 Å². The Labute approximate surface area is 94.8 Å². The van der Waals surface area contributed by atoms with E-state index < -0.39 is 0 Å². The van der Waals surface area contributed by atoms with Crippen molar-refractivity contribution in [3.05, 3.63) is 0 Å². The molecule has 16 heavy (non-hydrogen) atoms. The van der Waals surface area contributed by atoms with Crippen molar-refractivity contribution in [2.24, 2.45) is 21.5 Å². The zero-order valence-electron chi connectivity index (χ0n) is 9.26. The van der Waals surface area contributed by atoms with Crippen LogP contribution in [0.25, 0.3) is 0 Å². The average molecular weight is 226 g/mol. The maximum absolute atomic E-state index is 10.2. The van der Waals surface area contributed by atoms with Gasteiger partial charge in [0.05, 0.1) is 12.6 Å². The summed E-state index contributed by atoms with van der Waals surface area (Å²) in [7, 11) is 0. The molecule has 0 aliphatic carbocycles. The fraction of sp³-hybridized carbons (Fsp3) is 0.800. The number of nitrogens with zero attached hydrogens (tertiary/aromatic N) is 2. The molecule has 0 aliphatic rings. The van der Waals surface area contributed by atoms with Crippen molar-refractivity contribution in [3.63, 3.8) is 0 Å². The predicted octanol–water partition coefficient (Wildman–Crippen LogP) is -0.127.